The Kier molecular flexibility index (Phi) is 40.2. The number of aryl methyl sites for hydroxylation is 4. The van der Waals surface area contributed by atoms with Crippen molar-refractivity contribution >= 4 is 209 Å². The zero-order chi connectivity index (χ0) is 98.1. The molecule has 0 spiro atoms. The molecular weight excluding hydrogens is 2050 g/mol. The fourth-order valence-electron chi connectivity index (χ4n) is 11.6. The molecule has 14 aromatic rings. The lowest BCUT2D eigenvalue weighted by Gasteiger charge is -2.14. The van der Waals surface area contributed by atoms with Crippen LogP contribution in [0.3, 0.4) is 0 Å². The molecule has 32 nitrogen and oxygen atoms in total. The van der Waals surface area contributed by atoms with Gasteiger partial charge in [0, 0.05) is 34.3 Å². The van der Waals surface area contributed by atoms with Crippen LogP contribution in [0.15, 0.2) is 194 Å². The molecule has 0 N–H and O–H groups in total. The van der Waals surface area contributed by atoms with Gasteiger partial charge in [-0.15, -0.1) is 40.8 Å². The number of ether oxygens (including phenoxy) is 16. The van der Waals surface area contributed by atoms with Gasteiger partial charge in [-0.05, 0) is 171 Å². The van der Waals surface area contributed by atoms with Crippen LogP contribution >= 0.6 is 139 Å². The summed E-state index contributed by atoms with van der Waals surface area (Å²) in [5, 5.41) is 35.0. The molecule has 0 aliphatic carbocycles. The average molecular weight is 2120 g/mol. The van der Waals surface area contributed by atoms with E-state index in [1.165, 1.54) is 101 Å². The van der Waals surface area contributed by atoms with Gasteiger partial charge in [-0.3, -0.25) is 0 Å². The van der Waals surface area contributed by atoms with Gasteiger partial charge in [0.1, 0.15) is 56.8 Å². The van der Waals surface area contributed by atoms with E-state index < -0.39 is 67.6 Å². The maximum atomic E-state index is 13.0. The molecule has 0 amide bonds. The van der Waals surface area contributed by atoms with E-state index in [0.717, 1.165) is 11.1 Å². The third-order valence-corrected chi connectivity index (χ3v) is 21.3. The third-order valence-electron chi connectivity index (χ3n) is 17.8. The number of nitrogens with zero attached hydrogens (tertiary/aromatic N) is 8. The number of carbonyl (C=O) groups excluding carboxylic acids is 8. The van der Waals surface area contributed by atoms with Gasteiger partial charge in [-0.1, -0.05) is 203 Å². The number of benzene rings is 10. The summed E-state index contributed by atoms with van der Waals surface area (Å²) in [5.41, 5.74) is 3.26. The van der Waals surface area contributed by atoms with Crippen LogP contribution in [0, 0.1) is 27.7 Å². The molecule has 0 saturated carbocycles. The van der Waals surface area contributed by atoms with Gasteiger partial charge in [0.05, 0.1) is 100 Å². The highest BCUT2D eigenvalue weighted by atomic mass is 35.5. The first-order valence-corrected chi connectivity index (χ1v) is 43.2. The van der Waals surface area contributed by atoms with Crippen molar-refractivity contribution in [3.63, 3.8) is 0 Å². The monoisotopic (exact) mass is 2120 g/mol. The van der Waals surface area contributed by atoms with Crippen LogP contribution in [0.5, 0.6) is 93.0 Å². The summed E-state index contributed by atoms with van der Waals surface area (Å²) in [6, 6.07) is 50.5. The molecule has 0 aliphatic heterocycles. The molecule has 138 heavy (non-hydrogen) atoms. The van der Waals surface area contributed by atoms with Gasteiger partial charge in [0.25, 0.3) is 11.8 Å². The summed E-state index contributed by atoms with van der Waals surface area (Å²) in [6.45, 7) is 5.65. The molecule has 0 radical (unpaired) electrons. The first-order chi connectivity index (χ1) is 65.1. The van der Waals surface area contributed by atoms with Crippen LogP contribution in [-0.2, 0) is 19.2 Å². The molecule has 0 fully saturated rings. The standard InChI is InChI=1S/2C25H17Cl3N2O6.2C21H15Cl3N2O6.2CH4/c1-12-8-9-15(26)18(20(12)33-2)24(31)35-22-13-6-4-5-7-14(13)23(30-29-22)36-25(32)19-16(27)10-11-17(28)21(19)34-3;1-14-6-8-20(18(27)10-14)33-12-22(31)35-24-16-4-2-3-5-17(16)25(30-29-24)36-23(32)13-34-21-9-7-15(26)11-19(21)28;1-10-4-5-11(22)16(18(10)29-2)20(27)31-14-8-9-15(26-25-14)32-21(28)17-12(23)6-7-13(24)19(17)30-3;1-12-2-4-16(14(23)8-12)29-10-20(27)31-18-6-7-19(26-25-18)32-21(28)11-30-17-5-3-13(22)9-15(17)24;;/h4-11H,1-3H3;2-11H,12-13H2,1H3;4-9H,1-3H3;2-9H,10-11H2,1H3;2*1H4. The summed E-state index contributed by atoms with van der Waals surface area (Å²) < 4.78 is 84.4. The number of hydrogen-bond acceptors (Lipinski definition) is 32. The molecule has 10 aromatic carbocycles. The number of esters is 8. The molecular formula is C94H72Cl12N8O24. The molecule has 0 unspecified atom stereocenters. The van der Waals surface area contributed by atoms with E-state index >= 15 is 0 Å². The van der Waals surface area contributed by atoms with Crippen molar-refractivity contribution in [3.05, 3.63) is 299 Å². The number of fused-ring (bicyclic) bond motifs is 2. The highest BCUT2D eigenvalue weighted by Crippen LogP contribution is 2.41. The summed E-state index contributed by atoms with van der Waals surface area (Å²) in [4.78, 5) is 99.6. The van der Waals surface area contributed by atoms with E-state index in [1.807, 2.05) is 13.8 Å². The summed E-state index contributed by atoms with van der Waals surface area (Å²) in [5.74, 6) is -5.21. The Bertz CT molecular complexity index is 6480. The largest absolute Gasteiger partial charge is 0.496 e. The van der Waals surface area contributed by atoms with Crippen LogP contribution in [0.2, 0.25) is 60.3 Å². The van der Waals surface area contributed by atoms with Gasteiger partial charge in [0.2, 0.25) is 35.3 Å². The average Bonchev–Trinajstić information content (AvgIpc) is 0.784. The molecule has 0 atom stereocenters. The topological polar surface area (TPSA) is 387 Å². The number of carbonyl (C=O) groups is 8. The maximum Gasteiger partial charge on any atom is 0.350 e. The van der Waals surface area contributed by atoms with Gasteiger partial charge in [-0.2, -0.15) is 0 Å². The van der Waals surface area contributed by atoms with Crippen LogP contribution in [0.25, 0.3) is 21.5 Å². The Hall–Kier alpha value is -13.3. The van der Waals surface area contributed by atoms with Crippen molar-refractivity contribution < 1.29 is 114 Å². The predicted octanol–water partition coefficient (Wildman–Crippen LogP) is 23.4. The van der Waals surface area contributed by atoms with E-state index in [0.29, 0.717) is 64.3 Å². The molecule has 4 aromatic heterocycles. The van der Waals surface area contributed by atoms with Crippen molar-refractivity contribution in [2.45, 2.75) is 42.5 Å². The van der Waals surface area contributed by atoms with Gasteiger partial charge in [0.15, 0.2) is 37.9 Å². The van der Waals surface area contributed by atoms with Gasteiger partial charge >= 0.3 is 47.8 Å². The van der Waals surface area contributed by atoms with E-state index in [-0.39, 0.29) is 165 Å². The number of aromatic nitrogens is 8. The minimum Gasteiger partial charge on any atom is -0.496 e. The van der Waals surface area contributed by atoms with Crippen molar-refractivity contribution in [1.82, 2.24) is 40.8 Å². The summed E-state index contributed by atoms with van der Waals surface area (Å²) in [7, 11) is 5.53. The van der Waals surface area contributed by atoms with E-state index in [2.05, 4.69) is 40.8 Å². The number of hydrogen-bond donors (Lipinski definition) is 0. The van der Waals surface area contributed by atoms with Crippen molar-refractivity contribution in [1.29, 1.82) is 0 Å². The van der Waals surface area contributed by atoms with Crippen LogP contribution in [-0.4, -0.2) is 143 Å². The Morgan fingerprint density at radius 3 is 0.775 bits per heavy atom. The number of halogens is 12. The molecule has 4 heterocycles. The number of methoxy groups -OCH3 is 4. The third kappa shape index (κ3) is 28.9. The van der Waals surface area contributed by atoms with Crippen molar-refractivity contribution in [3.8, 4) is 93.0 Å². The summed E-state index contributed by atoms with van der Waals surface area (Å²) >= 11 is 72.6. The van der Waals surface area contributed by atoms with Crippen molar-refractivity contribution in [2.24, 2.45) is 0 Å². The van der Waals surface area contributed by atoms with Crippen LogP contribution in [0.1, 0.15) is 78.5 Å². The lowest BCUT2D eigenvalue weighted by atomic mass is 10.1. The molecule has 14 rings (SSSR count). The highest BCUT2D eigenvalue weighted by molar-refractivity contribution is 6.39. The van der Waals surface area contributed by atoms with Crippen molar-refractivity contribution in [2.75, 3.05) is 54.9 Å². The fraction of sp³-hybridized carbons (Fsp3) is 0.149. The molecule has 0 saturated heterocycles. The first-order valence-electron chi connectivity index (χ1n) is 38.7. The van der Waals surface area contributed by atoms with E-state index in [4.69, 9.17) is 215 Å². The van der Waals surface area contributed by atoms with Gasteiger partial charge in [-0.25, -0.2) is 38.4 Å². The highest BCUT2D eigenvalue weighted by Gasteiger charge is 2.30. The molecule has 44 heteroatoms. The van der Waals surface area contributed by atoms with Crippen LogP contribution < -0.4 is 75.8 Å². The Labute approximate surface area is 846 Å². The summed E-state index contributed by atoms with van der Waals surface area (Å²) in [6.07, 6.45) is 0. The van der Waals surface area contributed by atoms with Crippen LogP contribution in [0.4, 0.5) is 0 Å². The molecule has 0 bridgehead atoms. The second-order valence-corrected chi connectivity index (χ2v) is 32.1. The minimum atomic E-state index is -0.861. The normalized spacial score (nSPS) is 10.4. The van der Waals surface area contributed by atoms with E-state index in [1.54, 1.807) is 135 Å². The SMILES string of the molecule is C.C.COc1c(C)ccc(Cl)c1C(=O)Oc1ccc(OC(=O)c2c(Cl)ccc(Cl)c2OC)nn1.COc1c(C)ccc(Cl)c1C(=O)Oc1nnc(OC(=O)c2c(Cl)ccc(Cl)c2OC)c2ccccc12.Cc1ccc(OCC(=O)Oc2ccc(OC(=O)COc3ccc(Cl)cc3Cl)nn2)c(Cl)c1.Cc1ccc(OCC(=O)Oc2nnc(OC(=O)COc3ccc(Cl)cc3Cl)c3ccccc23)c(Cl)c1. The Morgan fingerprint density at radius 1 is 0.246 bits per heavy atom. The second kappa shape index (κ2) is 51.2. The Balaban J connectivity index is 0.000000205. The zero-order valence-corrected chi connectivity index (χ0v) is 80.3. The lowest BCUT2D eigenvalue weighted by molar-refractivity contribution is -0.138. The quantitative estimate of drug-likeness (QED) is 0.0411. The molecule has 0 aliphatic rings. The Morgan fingerprint density at radius 2 is 0.493 bits per heavy atom. The number of rotatable bonds is 28. The predicted molar refractivity (Wildman–Crippen MR) is 518 cm³/mol. The maximum absolute atomic E-state index is 13.0. The first kappa shape index (κ1) is 108. The van der Waals surface area contributed by atoms with E-state index in [9.17, 15) is 38.4 Å². The fourth-order valence-corrected chi connectivity index (χ4v) is 14.5. The smallest absolute Gasteiger partial charge is 0.350 e. The lowest BCUT2D eigenvalue weighted by Crippen LogP contribution is -2.20. The second-order valence-electron chi connectivity index (χ2n) is 27.2. The van der Waals surface area contributed by atoms with Gasteiger partial charge < -0.3 is 75.8 Å². The molecule has 716 valence electrons. The minimum absolute atomic E-state index is 0. The zero-order valence-electron chi connectivity index (χ0n) is 71.2.